The van der Waals surface area contributed by atoms with E-state index in [1.54, 1.807) is 24.3 Å². The van der Waals surface area contributed by atoms with Crippen molar-refractivity contribution in [1.29, 1.82) is 0 Å². The van der Waals surface area contributed by atoms with E-state index in [1.165, 1.54) is 6.07 Å². The highest BCUT2D eigenvalue weighted by Crippen LogP contribution is 2.24. The number of aromatic hydroxyl groups is 2. The second-order valence-corrected chi connectivity index (χ2v) is 6.78. The van der Waals surface area contributed by atoms with Crippen molar-refractivity contribution in [1.82, 2.24) is 14.9 Å². The van der Waals surface area contributed by atoms with Crippen molar-refractivity contribution in [2.24, 2.45) is 0 Å². The van der Waals surface area contributed by atoms with Crippen LogP contribution in [0.5, 0.6) is 11.5 Å². The zero-order valence-corrected chi connectivity index (χ0v) is 14.6. The number of nitrogens with one attached hydrogen (secondary N) is 1. The summed E-state index contributed by atoms with van der Waals surface area (Å²) in [4.78, 5) is 22.2. The van der Waals surface area contributed by atoms with E-state index in [2.05, 4.69) is 14.9 Å². The molecule has 5 N–H and O–H groups in total. The number of nitrogens with zero attached hydrogens (tertiary/aromatic N) is 2. The van der Waals surface area contributed by atoms with Gasteiger partial charge in [0.25, 0.3) is 5.56 Å². The summed E-state index contributed by atoms with van der Waals surface area (Å²) in [6.45, 7) is 1.73. The van der Waals surface area contributed by atoms with Crippen LogP contribution < -0.4 is 11.3 Å². The molecule has 0 saturated carbocycles. The summed E-state index contributed by atoms with van der Waals surface area (Å²) in [5, 5.41) is 19.3. The predicted molar refractivity (Wildman–Crippen MR) is 102 cm³/mol. The molecule has 0 atom stereocenters. The summed E-state index contributed by atoms with van der Waals surface area (Å²) >= 11 is 0. The third-order valence-corrected chi connectivity index (χ3v) is 4.70. The molecular weight excluding hydrogens is 344 g/mol. The predicted octanol–water partition coefficient (Wildman–Crippen LogP) is 1.99. The first-order chi connectivity index (χ1) is 13.0. The molecule has 0 fully saturated rings. The van der Waals surface area contributed by atoms with Gasteiger partial charge in [-0.1, -0.05) is 0 Å². The first-order valence-electron chi connectivity index (χ1n) is 8.70. The van der Waals surface area contributed by atoms with E-state index in [0.29, 0.717) is 36.6 Å². The maximum absolute atomic E-state index is 12.6. The molecule has 4 rings (SSSR count). The van der Waals surface area contributed by atoms with Crippen molar-refractivity contribution in [2.75, 3.05) is 12.3 Å². The molecule has 0 unspecified atom stereocenters. The molecule has 1 aromatic heterocycles. The molecule has 0 saturated heterocycles. The first kappa shape index (κ1) is 17.1. The number of H-pyrrole nitrogens is 1. The van der Waals surface area contributed by atoms with E-state index in [-0.39, 0.29) is 17.1 Å². The summed E-state index contributed by atoms with van der Waals surface area (Å²) in [6, 6.07) is 11.8. The van der Waals surface area contributed by atoms with Crippen LogP contribution in [0.2, 0.25) is 0 Å². The fourth-order valence-corrected chi connectivity index (χ4v) is 3.40. The Morgan fingerprint density at radius 3 is 2.52 bits per heavy atom. The second-order valence-electron chi connectivity index (χ2n) is 6.78. The molecule has 0 amide bonds. The average molecular weight is 364 g/mol. The molecule has 0 bridgehead atoms. The highest BCUT2D eigenvalue weighted by atomic mass is 16.3. The summed E-state index contributed by atoms with van der Waals surface area (Å²) in [5.74, 6) is 0.593. The Morgan fingerprint density at radius 1 is 1.11 bits per heavy atom. The Bertz CT molecular complexity index is 1020. The lowest BCUT2D eigenvalue weighted by Crippen LogP contribution is -2.35. The van der Waals surface area contributed by atoms with Gasteiger partial charge < -0.3 is 20.9 Å². The van der Waals surface area contributed by atoms with Crippen LogP contribution >= 0.6 is 0 Å². The van der Waals surface area contributed by atoms with Crippen LogP contribution in [-0.4, -0.2) is 31.6 Å². The van der Waals surface area contributed by atoms with Gasteiger partial charge in [0.2, 0.25) is 0 Å². The van der Waals surface area contributed by atoms with Crippen molar-refractivity contribution >= 4 is 5.69 Å². The van der Waals surface area contributed by atoms with Crippen molar-refractivity contribution < 1.29 is 10.2 Å². The molecular formula is C20H20N4O3. The number of nitrogen functional groups attached to an aromatic ring is 1. The highest BCUT2D eigenvalue weighted by Gasteiger charge is 2.22. The lowest BCUT2D eigenvalue weighted by molar-refractivity contribution is 0.241. The minimum absolute atomic E-state index is 0.0232. The van der Waals surface area contributed by atoms with Crippen LogP contribution in [0.3, 0.4) is 0 Å². The normalized spacial score (nSPS) is 14.1. The third kappa shape index (κ3) is 3.63. The molecule has 3 aromatic rings. The van der Waals surface area contributed by atoms with Crippen LogP contribution in [0, 0.1) is 0 Å². The van der Waals surface area contributed by atoms with Gasteiger partial charge in [-0.25, -0.2) is 4.98 Å². The third-order valence-electron chi connectivity index (χ3n) is 4.70. The maximum Gasteiger partial charge on any atom is 0.255 e. The molecule has 0 spiro atoms. The number of aromatic nitrogens is 2. The summed E-state index contributed by atoms with van der Waals surface area (Å²) in [5.41, 5.74) is 9.31. The number of anilines is 1. The summed E-state index contributed by atoms with van der Waals surface area (Å²) in [6.07, 6.45) is 0.659. The minimum atomic E-state index is -0.143. The van der Waals surface area contributed by atoms with Gasteiger partial charge in [-0.3, -0.25) is 9.69 Å². The van der Waals surface area contributed by atoms with Crippen LogP contribution in [-0.2, 0) is 19.5 Å². The number of hydrogen-bond acceptors (Lipinski definition) is 6. The topological polar surface area (TPSA) is 115 Å². The second kappa shape index (κ2) is 6.77. The molecule has 2 heterocycles. The van der Waals surface area contributed by atoms with Crippen LogP contribution in [0.4, 0.5) is 5.69 Å². The minimum Gasteiger partial charge on any atom is -0.508 e. The van der Waals surface area contributed by atoms with E-state index in [1.807, 2.05) is 12.1 Å². The lowest BCUT2D eigenvalue weighted by Gasteiger charge is -2.27. The Balaban J connectivity index is 1.58. The Hall–Kier alpha value is -3.32. The molecule has 0 radical (unpaired) electrons. The van der Waals surface area contributed by atoms with Gasteiger partial charge in [-0.15, -0.1) is 0 Å². The van der Waals surface area contributed by atoms with Crippen molar-refractivity contribution in [3.63, 3.8) is 0 Å². The van der Waals surface area contributed by atoms with E-state index in [4.69, 9.17) is 5.73 Å². The fourth-order valence-electron chi connectivity index (χ4n) is 3.40. The number of fused-ring (bicyclic) bond motifs is 1. The standard InChI is InChI=1S/C20H20N4O3/c21-14-3-1-13(2-4-14)19-22-18-5-6-24(11-17(18)20(27)23-19)10-12-7-15(25)9-16(26)8-12/h1-4,7-9,25-26H,5-6,10-11,21H2,(H,22,23,27). The van der Waals surface area contributed by atoms with E-state index < -0.39 is 0 Å². The van der Waals surface area contributed by atoms with Crippen molar-refractivity contribution in [3.05, 3.63) is 69.6 Å². The number of phenolic OH excluding ortho intramolecular Hbond substituents is 2. The number of hydrogen-bond donors (Lipinski definition) is 4. The molecule has 1 aliphatic rings. The number of rotatable bonds is 3. The molecule has 0 aliphatic carbocycles. The number of nitrogens with two attached hydrogens (primary N) is 1. The molecule has 27 heavy (non-hydrogen) atoms. The van der Waals surface area contributed by atoms with E-state index in [0.717, 1.165) is 23.4 Å². The van der Waals surface area contributed by atoms with Gasteiger partial charge in [-0.2, -0.15) is 0 Å². The molecule has 1 aliphatic heterocycles. The number of aromatic amines is 1. The summed E-state index contributed by atoms with van der Waals surface area (Å²) in [7, 11) is 0. The Kier molecular flexibility index (Phi) is 4.29. The highest BCUT2D eigenvalue weighted by molar-refractivity contribution is 5.58. The van der Waals surface area contributed by atoms with Crippen molar-refractivity contribution in [2.45, 2.75) is 19.5 Å². The number of phenols is 2. The number of benzene rings is 2. The Labute approximate surface area is 155 Å². The van der Waals surface area contributed by atoms with Gasteiger partial charge in [0.1, 0.15) is 17.3 Å². The van der Waals surface area contributed by atoms with Crippen LogP contribution in [0.15, 0.2) is 47.3 Å². The zero-order valence-electron chi connectivity index (χ0n) is 14.6. The van der Waals surface area contributed by atoms with Gasteiger partial charge in [0.05, 0.1) is 11.3 Å². The molecule has 138 valence electrons. The van der Waals surface area contributed by atoms with Crippen LogP contribution in [0.25, 0.3) is 11.4 Å². The molecule has 7 heteroatoms. The smallest absolute Gasteiger partial charge is 0.255 e. The molecule has 7 nitrogen and oxygen atoms in total. The van der Waals surface area contributed by atoms with Gasteiger partial charge >= 0.3 is 0 Å². The molecule has 2 aromatic carbocycles. The summed E-state index contributed by atoms with van der Waals surface area (Å²) < 4.78 is 0. The Morgan fingerprint density at radius 2 is 1.81 bits per heavy atom. The monoisotopic (exact) mass is 364 g/mol. The van der Waals surface area contributed by atoms with Gasteiger partial charge in [0.15, 0.2) is 0 Å². The van der Waals surface area contributed by atoms with E-state index in [9.17, 15) is 15.0 Å². The lowest BCUT2D eigenvalue weighted by atomic mass is 10.0. The fraction of sp³-hybridized carbons (Fsp3) is 0.200. The van der Waals surface area contributed by atoms with E-state index >= 15 is 0 Å². The quantitative estimate of drug-likeness (QED) is 0.528. The average Bonchev–Trinajstić information content (AvgIpc) is 2.62. The maximum atomic E-state index is 12.6. The van der Waals surface area contributed by atoms with Crippen molar-refractivity contribution in [3.8, 4) is 22.9 Å². The zero-order chi connectivity index (χ0) is 19.0. The SMILES string of the molecule is Nc1ccc(-c2nc3c(c(=O)[nH]2)CN(Cc2cc(O)cc(O)c2)CC3)cc1. The van der Waals surface area contributed by atoms with Gasteiger partial charge in [-0.05, 0) is 42.0 Å². The van der Waals surface area contributed by atoms with Crippen LogP contribution in [0.1, 0.15) is 16.8 Å². The largest absolute Gasteiger partial charge is 0.508 e. The van der Waals surface area contributed by atoms with Gasteiger partial charge in [0, 0.05) is 43.4 Å². The first-order valence-corrected chi connectivity index (χ1v) is 8.70.